The van der Waals surface area contributed by atoms with Crippen molar-refractivity contribution in [3.05, 3.63) is 0 Å². The van der Waals surface area contributed by atoms with Crippen LogP contribution in [-0.2, 0) is 80.9 Å². The van der Waals surface area contributed by atoms with E-state index in [0.717, 1.165) is 0 Å². The van der Waals surface area contributed by atoms with E-state index in [1.54, 1.807) is 55.4 Å². The maximum atomic E-state index is 13.4. The minimum Gasteiger partial charge on any atom is -0.463 e. The molecule has 0 amide bonds. The Morgan fingerprint density at radius 3 is 1.05 bits per heavy atom. The smallest absolute Gasteiger partial charge is 0.308 e. The minimum absolute atomic E-state index is 0.580. The van der Waals surface area contributed by atoms with Crippen molar-refractivity contribution in [2.45, 2.75) is 158 Å². The van der Waals surface area contributed by atoms with Crippen LogP contribution in [0.1, 0.15) is 96.9 Å². The number of aliphatic hydroxyl groups excluding tert-OH is 1. The molecule has 10 atom stereocenters. The minimum atomic E-state index is -1.94. The SMILES string of the molecule is CC(C)C(=O)OCC1O[C@@H](O)C(OC(=O)C(C)C)[C@@H](OC(=O)C(C)C)[C@@H]1O[C@@H]1OC(COC(=O)C(C)C)[C@H](OC(=O)C(C)C)[C@H](OC(=O)C(C)C)C1OC(=O)C(C)C. The van der Waals surface area contributed by atoms with E-state index in [0.29, 0.717) is 0 Å². The molecule has 2 saturated heterocycles. The standard InChI is InChI=1S/C40H64O18/c1-17(2)32(41)49-15-24-27(28(54-35(44)20(7)8)30(39(48)51-24)56-37(46)22(11)12)58-40-31(57-38(47)23(13)14)29(55-36(45)21(9)10)26(53-34(43)19(5)6)25(52-40)16-50-33(42)18(3)4/h17-31,39-40,48H,15-16H2,1-14H3/t24?,25?,26-,27+,28-,29-,30?,31?,39+,40-/m0/s1. The highest BCUT2D eigenvalue weighted by atomic mass is 16.8. The molecule has 332 valence electrons. The first-order valence-electron chi connectivity index (χ1n) is 19.9. The molecule has 0 aromatic heterocycles. The summed E-state index contributed by atoms with van der Waals surface area (Å²) in [6.07, 6.45) is -16.8. The summed E-state index contributed by atoms with van der Waals surface area (Å²) in [4.78, 5) is 91.6. The number of carbonyl (C=O) groups is 7. The third-order valence-electron chi connectivity index (χ3n) is 8.83. The zero-order chi connectivity index (χ0) is 44.3. The van der Waals surface area contributed by atoms with Gasteiger partial charge in [0, 0.05) is 0 Å². The normalized spacial score (nSPS) is 27.5. The van der Waals surface area contributed by atoms with Crippen LogP contribution in [0.25, 0.3) is 0 Å². The summed E-state index contributed by atoms with van der Waals surface area (Å²) < 4.78 is 58.9. The molecule has 2 heterocycles. The van der Waals surface area contributed by atoms with Crippen molar-refractivity contribution in [2.75, 3.05) is 13.2 Å². The van der Waals surface area contributed by atoms with Crippen LogP contribution in [0.3, 0.4) is 0 Å². The van der Waals surface area contributed by atoms with Crippen molar-refractivity contribution in [3.8, 4) is 0 Å². The van der Waals surface area contributed by atoms with Crippen LogP contribution in [0.15, 0.2) is 0 Å². The van der Waals surface area contributed by atoms with E-state index in [9.17, 15) is 38.7 Å². The Hall–Kier alpha value is -3.87. The number of hydrogen-bond donors (Lipinski definition) is 1. The molecule has 0 bridgehead atoms. The lowest BCUT2D eigenvalue weighted by molar-refractivity contribution is -0.358. The quantitative estimate of drug-likeness (QED) is 0.154. The molecule has 0 aromatic carbocycles. The third kappa shape index (κ3) is 14.2. The van der Waals surface area contributed by atoms with Gasteiger partial charge in [-0.1, -0.05) is 96.9 Å². The molecule has 18 heteroatoms. The monoisotopic (exact) mass is 832 g/mol. The fraction of sp³-hybridized carbons (Fsp3) is 0.825. The van der Waals surface area contributed by atoms with Gasteiger partial charge in [0.1, 0.15) is 31.5 Å². The molecule has 0 radical (unpaired) electrons. The molecule has 4 unspecified atom stereocenters. The lowest BCUT2D eigenvalue weighted by Crippen LogP contribution is -2.67. The molecule has 0 aromatic rings. The number of ether oxygens (including phenoxy) is 10. The Labute approximate surface area is 340 Å². The van der Waals surface area contributed by atoms with Crippen LogP contribution in [0.4, 0.5) is 0 Å². The number of aliphatic hydroxyl groups is 1. The van der Waals surface area contributed by atoms with Crippen molar-refractivity contribution in [2.24, 2.45) is 41.4 Å². The first-order valence-corrected chi connectivity index (χ1v) is 19.9. The average Bonchev–Trinajstić information content (AvgIpc) is 3.13. The lowest BCUT2D eigenvalue weighted by Gasteiger charge is -2.48. The highest BCUT2D eigenvalue weighted by molar-refractivity contribution is 5.75. The number of esters is 7. The predicted molar refractivity (Wildman–Crippen MR) is 200 cm³/mol. The molecule has 18 nitrogen and oxygen atoms in total. The first kappa shape index (κ1) is 50.3. The van der Waals surface area contributed by atoms with E-state index >= 15 is 0 Å². The van der Waals surface area contributed by atoms with Gasteiger partial charge < -0.3 is 52.5 Å². The summed E-state index contributed by atoms with van der Waals surface area (Å²) in [5.74, 6) is -10.2. The van der Waals surface area contributed by atoms with Gasteiger partial charge in [-0.2, -0.15) is 0 Å². The second-order valence-electron chi connectivity index (χ2n) is 16.6. The van der Waals surface area contributed by atoms with Crippen molar-refractivity contribution >= 4 is 41.8 Å². The number of hydrogen-bond acceptors (Lipinski definition) is 18. The van der Waals surface area contributed by atoms with Gasteiger partial charge >= 0.3 is 41.8 Å². The average molecular weight is 833 g/mol. The van der Waals surface area contributed by atoms with Gasteiger partial charge in [0.2, 0.25) is 0 Å². The van der Waals surface area contributed by atoms with E-state index in [1.165, 1.54) is 41.5 Å². The van der Waals surface area contributed by atoms with Crippen LogP contribution in [0.5, 0.6) is 0 Å². The van der Waals surface area contributed by atoms with E-state index in [1.807, 2.05) is 0 Å². The Morgan fingerprint density at radius 2 is 0.690 bits per heavy atom. The summed E-state index contributed by atoms with van der Waals surface area (Å²) >= 11 is 0. The van der Waals surface area contributed by atoms with Crippen LogP contribution >= 0.6 is 0 Å². The topological polar surface area (TPSA) is 232 Å². The summed E-state index contributed by atoms with van der Waals surface area (Å²) in [6, 6.07) is 0. The van der Waals surface area contributed by atoms with Gasteiger partial charge in [0.05, 0.1) is 41.4 Å². The molecule has 0 saturated carbocycles. The van der Waals surface area contributed by atoms with E-state index in [2.05, 4.69) is 0 Å². The van der Waals surface area contributed by atoms with Crippen molar-refractivity contribution < 1.29 is 86.0 Å². The number of rotatable bonds is 18. The summed E-state index contributed by atoms with van der Waals surface area (Å²) in [6.45, 7) is 20.6. The summed E-state index contributed by atoms with van der Waals surface area (Å²) in [5, 5.41) is 11.2. The molecular formula is C40H64O18. The van der Waals surface area contributed by atoms with Crippen molar-refractivity contribution in [3.63, 3.8) is 0 Å². The molecule has 1 N–H and O–H groups in total. The van der Waals surface area contributed by atoms with Crippen LogP contribution in [-0.4, -0.2) is 122 Å². The molecule has 0 aliphatic carbocycles. The van der Waals surface area contributed by atoms with E-state index < -0.39 is 158 Å². The van der Waals surface area contributed by atoms with Gasteiger partial charge in [0.15, 0.2) is 43.1 Å². The fourth-order valence-electron chi connectivity index (χ4n) is 5.14. The number of carbonyl (C=O) groups excluding carboxylic acids is 7. The summed E-state index contributed by atoms with van der Waals surface area (Å²) in [7, 11) is 0. The van der Waals surface area contributed by atoms with E-state index in [-0.39, 0.29) is 0 Å². The molecule has 2 fully saturated rings. The molecule has 2 aliphatic rings. The maximum absolute atomic E-state index is 13.4. The molecular weight excluding hydrogens is 768 g/mol. The van der Waals surface area contributed by atoms with Gasteiger partial charge in [-0.3, -0.25) is 33.6 Å². The van der Waals surface area contributed by atoms with Crippen LogP contribution < -0.4 is 0 Å². The van der Waals surface area contributed by atoms with Crippen LogP contribution in [0.2, 0.25) is 0 Å². The lowest BCUT2D eigenvalue weighted by atomic mass is 9.95. The Bertz CT molecular complexity index is 1420. The Morgan fingerprint density at radius 1 is 0.397 bits per heavy atom. The van der Waals surface area contributed by atoms with Gasteiger partial charge in [-0.05, 0) is 0 Å². The van der Waals surface area contributed by atoms with E-state index in [4.69, 9.17) is 47.4 Å². The highest BCUT2D eigenvalue weighted by Crippen LogP contribution is 2.36. The second-order valence-corrected chi connectivity index (χ2v) is 16.6. The highest BCUT2D eigenvalue weighted by Gasteiger charge is 2.58. The third-order valence-corrected chi connectivity index (χ3v) is 8.83. The summed E-state index contributed by atoms with van der Waals surface area (Å²) in [5.41, 5.74) is 0. The largest absolute Gasteiger partial charge is 0.463 e. The first-order chi connectivity index (χ1) is 26.9. The van der Waals surface area contributed by atoms with Gasteiger partial charge in [-0.15, -0.1) is 0 Å². The molecule has 0 spiro atoms. The Kier molecular flexibility index (Phi) is 19.5. The molecule has 2 aliphatic heterocycles. The zero-order valence-corrected chi connectivity index (χ0v) is 36.1. The fourth-order valence-corrected chi connectivity index (χ4v) is 5.14. The Balaban J connectivity index is 2.93. The molecule has 58 heavy (non-hydrogen) atoms. The predicted octanol–water partition coefficient (Wildman–Crippen LogP) is 3.05. The van der Waals surface area contributed by atoms with Crippen molar-refractivity contribution in [1.29, 1.82) is 0 Å². The van der Waals surface area contributed by atoms with Gasteiger partial charge in [-0.25, -0.2) is 0 Å². The maximum Gasteiger partial charge on any atom is 0.308 e. The van der Waals surface area contributed by atoms with Gasteiger partial charge in [0.25, 0.3) is 0 Å². The van der Waals surface area contributed by atoms with Crippen molar-refractivity contribution in [1.82, 2.24) is 0 Å². The molecule has 2 rings (SSSR count). The second kappa shape index (κ2) is 22.5. The zero-order valence-electron chi connectivity index (χ0n) is 36.1. The van der Waals surface area contributed by atoms with Crippen LogP contribution in [0, 0.1) is 41.4 Å².